The topological polar surface area (TPSA) is 28.7 Å². The summed E-state index contributed by atoms with van der Waals surface area (Å²) in [5.74, 6) is 0.360. The van der Waals surface area contributed by atoms with Crippen molar-refractivity contribution in [2.24, 2.45) is 0 Å². The predicted molar refractivity (Wildman–Crippen MR) is 78.9 cm³/mol. The number of H-pyrrole nitrogens is 1. The van der Waals surface area contributed by atoms with E-state index in [1.54, 1.807) is 6.07 Å². The SMILES string of the molecule is Cc1ccc(-c2nc3cc(Br)c(F)cc3[nH]2)cc1Cl. The molecule has 0 aliphatic rings. The van der Waals surface area contributed by atoms with Crippen LogP contribution in [0.5, 0.6) is 0 Å². The minimum absolute atomic E-state index is 0.315. The highest BCUT2D eigenvalue weighted by atomic mass is 79.9. The van der Waals surface area contributed by atoms with Crippen LogP contribution in [0.15, 0.2) is 34.8 Å². The highest BCUT2D eigenvalue weighted by molar-refractivity contribution is 9.10. The number of rotatable bonds is 1. The van der Waals surface area contributed by atoms with E-state index in [2.05, 4.69) is 25.9 Å². The van der Waals surface area contributed by atoms with Crippen molar-refractivity contribution >= 4 is 38.6 Å². The average molecular weight is 340 g/mol. The first kappa shape index (κ1) is 12.6. The first-order chi connectivity index (χ1) is 9.04. The van der Waals surface area contributed by atoms with Gasteiger partial charge in [-0.2, -0.15) is 0 Å². The quantitative estimate of drug-likeness (QED) is 0.657. The van der Waals surface area contributed by atoms with Crippen LogP contribution in [0.3, 0.4) is 0 Å². The molecule has 1 heterocycles. The Hall–Kier alpha value is -1.39. The van der Waals surface area contributed by atoms with Crippen molar-refractivity contribution in [3.63, 3.8) is 0 Å². The number of imidazole rings is 1. The highest BCUT2D eigenvalue weighted by Gasteiger charge is 2.09. The Balaban J connectivity index is 2.17. The molecule has 0 bridgehead atoms. The van der Waals surface area contributed by atoms with E-state index in [9.17, 15) is 4.39 Å². The number of aryl methyl sites for hydroxylation is 1. The highest BCUT2D eigenvalue weighted by Crippen LogP contribution is 2.27. The van der Waals surface area contributed by atoms with Gasteiger partial charge in [-0.05, 0) is 40.5 Å². The molecule has 0 fully saturated rings. The maximum Gasteiger partial charge on any atom is 0.139 e. The summed E-state index contributed by atoms with van der Waals surface area (Å²) in [6.45, 7) is 1.94. The minimum Gasteiger partial charge on any atom is -0.338 e. The van der Waals surface area contributed by atoms with E-state index in [1.165, 1.54) is 6.07 Å². The van der Waals surface area contributed by atoms with E-state index in [1.807, 2.05) is 25.1 Å². The molecule has 0 radical (unpaired) electrons. The zero-order valence-corrected chi connectivity index (χ0v) is 12.3. The lowest BCUT2D eigenvalue weighted by Gasteiger charge is -2.00. The van der Waals surface area contributed by atoms with Gasteiger partial charge in [0.05, 0.1) is 15.5 Å². The molecule has 1 aromatic heterocycles. The molecule has 0 atom stereocenters. The molecule has 0 aliphatic carbocycles. The number of benzene rings is 2. The van der Waals surface area contributed by atoms with Crippen molar-refractivity contribution in [3.05, 3.63) is 51.2 Å². The lowest BCUT2D eigenvalue weighted by Crippen LogP contribution is -1.82. The molecule has 1 N–H and O–H groups in total. The maximum absolute atomic E-state index is 13.5. The summed E-state index contributed by atoms with van der Waals surface area (Å²) in [5.41, 5.74) is 3.26. The van der Waals surface area contributed by atoms with Gasteiger partial charge in [-0.25, -0.2) is 9.37 Å². The number of hydrogen-bond donors (Lipinski definition) is 1. The van der Waals surface area contributed by atoms with Gasteiger partial charge in [-0.1, -0.05) is 23.7 Å². The van der Waals surface area contributed by atoms with Gasteiger partial charge >= 0.3 is 0 Å². The predicted octanol–water partition coefficient (Wildman–Crippen LogP) is 5.09. The van der Waals surface area contributed by atoms with Crippen LogP contribution < -0.4 is 0 Å². The van der Waals surface area contributed by atoms with Gasteiger partial charge in [-0.3, -0.25) is 0 Å². The molecule has 3 rings (SSSR count). The zero-order chi connectivity index (χ0) is 13.6. The molecule has 3 aromatic rings. The van der Waals surface area contributed by atoms with Crippen molar-refractivity contribution in [3.8, 4) is 11.4 Å². The van der Waals surface area contributed by atoms with Crippen molar-refractivity contribution in [1.82, 2.24) is 9.97 Å². The fourth-order valence-electron chi connectivity index (χ4n) is 1.88. The Kier molecular flexibility index (Phi) is 3.07. The van der Waals surface area contributed by atoms with Crippen LogP contribution in [-0.4, -0.2) is 9.97 Å². The Labute approximate surface area is 122 Å². The first-order valence-electron chi connectivity index (χ1n) is 5.66. The van der Waals surface area contributed by atoms with Crippen molar-refractivity contribution in [1.29, 1.82) is 0 Å². The smallest absolute Gasteiger partial charge is 0.139 e. The van der Waals surface area contributed by atoms with E-state index in [4.69, 9.17) is 11.6 Å². The van der Waals surface area contributed by atoms with E-state index < -0.39 is 0 Å². The summed E-state index contributed by atoms with van der Waals surface area (Å²) in [4.78, 5) is 7.54. The van der Waals surface area contributed by atoms with E-state index in [-0.39, 0.29) is 5.82 Å². The van der Waals surface area contributed by atoms with E-state index in [0.29, 0.717) is 26.4 Å². The second-order valence-corrected chi connectivity index (χ2v) is 5.59. The largest absolute Gasteiger partial charge is 0.338 e. The summed E-state index contributed by atoms with van der Waals surface area (Å²) in [5, 5.41) is 0.685. The number of aromatic nitrogens is 2. The summed E-state index contributed by atoms with van der Waals surface area (Å²) in [7, 11) is 0. The van der Waals surface area contributed by atoms with Gasteiger partial charge in [0, 0.05) is 16.7 Å². The summed E-state index contributed by atoms with van der Waals surface area (Å²) >= 11 is 9.26. The molecule has 0 saturated carbocycles. The maximum atomic E-state index is 13.5. The van der Waals surface area contributed by atoms with Crippen LogP contribution in [0.25, 0.3) is 22.4 Å². The molecule has 2 nitrogen and oxygen atoms in total. The van der Waals surface area contributed by atoms with Gasteiger partial charge in [-0.15, -0.1) is 0 Å². The monoisotopic (exact) mass is 338 g/mol. The second kappa shape index (κ2) is 4.62. The van der Waals surface area contributed by atoms with Gasteiger partial charge in [0.1, 0.15) is 11.6 Å². The molecule has 5 heteroatoms. The average Bonchev–Trinajstić information content (AvgIpc) is 2.76. The van der Waals surface area contributed by atoms with Gasteiger partial charge < -0.3 is 4.98 Å². The molecule has 0 unspecified atom stereocenters. The third-order valence-corrected chi connectivity index (χ3v) is 3.98. The third kappa shape index (κ3) is 2.26. The Morgan fingerprint density at radius 2 is 2.05 bits per heavy atom. The number of nitrogens with one attached hydrogen (secondary N) is 1. The van der Waals surface area contributed by atoms with Crippen LogP contribution in [0, 0.1) is 12.7 Å². The lowest BCUT2D eigenvalue weighted by molar-refractivity contribution is 0.623. The number of nitrogens with zero attached hydrogens (tertiary/aromatic N) is 1. The van der Waals surface area contributed by atoms with Crippen molar-refractivity contribution in [2.75, 3.05) is 0 Å². The first-order valence-corrected chi connectivity index (χ1v) is 6.83. The zero-order valence-electron chi connectivity index (χ0n) is 9.97. The molecule has 0 saturated heterocycles. The van der Waals surface area contributed by atoms with Crippen molar-refractivity contribution < 1.29 is 4.39 Å². The van der Waals surface area contributed by atoms with E-state index >= 15 is 0 Å². The number of hydrogen-bond acceptors (Lipinski definition) is 1. The summed E-state index contributed by atoms with van der Waals surface area (Å²) in [6.07, 6.45) is 0. The molecule has 2 aromatic carbocycles. The number of aromatic amines is 1. The molecular formula is C14H9BrClFN2. The lowest BCUT2D eigenvalue weighted by atomic mass is 10.1. The Morgan fingerprint density at radius 1 is 1.26 bits per heavy atom. The molecule has 0 spiro atoms. The Morgan fingerprint density at radius 3 is 2.79 bits per heavy atom. The molecule has 96 valence electrons. The molecular weight excluding hydrogens is 331 g/mol. The molecule has 19 heavy (non-hydrogen) atoms. The van der Waals surface area contributed by atoms with Crippen LogP contribution in [0.4, 0.5) is 4.39 Å². The fourth-order valence-corrected chi connectivity index (χ4v) is 2.39. The van der Waals surface area contributed by atoms with E-state index in [0.717, 1.165) is 11.1 Å². The normalized spacial score (nSPS) is 11.2. The third-order valence-electron chi connectivity index (χ3n) is 2.97. The second-order valence-electron chi connectivity index (χ2n) is 4.33. The standard InChI is InChI=1S/C14H9BrClFN2/c1-7-2-3-8(4-10(7)16)14-18-12-5-9(15)11(17)6-13(12)19-14/h2-6H,1H3,(H,18,19). The van der Waals surface area contributed by atoms with Crippen LogP contribution >= 0.6 is 27.5 Å². The van der Waals surface area contributed by atoms with Crippen LogP contribution in [0.1, 0.15) is 5.56 Å². The molecule has 0 aliphatic heterocycles. The molecule has 0 amide bonds. The number of halogens is 3. The van der Waals surface area contributed by atoms with Crippen LogP contribution in [0.2, 0.25) is 5.02 Å². The van der Waals surface area contributed by atoms with Gasteiger partial charge in [0.2, 0.25) is 0 Å². The van der Waals surface area contributed by atoms with Crippen molar-refractivity contribution in [2.45, 2.75) is 6.92 Å². The fraction of sp³-hybridized carbons (Fsp3) is 0.0714. The minimum atomic E-state index is -0.315. The van der Waals surface area contributed by atoms with Crippen LogP contribution in [-0.2, 0) is 0 Å². The summed E-state index contributed by atoms with van der Waals surface area (Å²) < 4.78 is 13.9. The Bertz CT molecular complexity index is 743. The van der Waals surface area contributed by atoms with Gasteiger partial charge in [0.25, 0.3) is 0 Å². The summed E-state index contributed by atoms with van der Waals surface area (Å²) in [6, 6.07) is 8.79. The number of fused-ring (bicyclic) bond motifs is 1. The van der Waals surface area contributed by atoms with Gasteiger partial charge in [0.15, 0.2) is 0 Å².